The van der Waals surface area contributed by atoms with Crippen molar-refractivity contribution >= 4 is 11.6 Å². The maximum absolute atomic E-state index is 12.5. The Hall–Kier alpha value is -1.93. The van der Waals surface area contributed by atoms with E-state index in [4.69, 9.17) is 10.5 Å². The third-order valence-electron chi connectivity index (χ3n) is 4.03. The van der Waals surface area contributed by atoms with Crippen LogP contribution in [0.5, 0.6) is 0 Å². The van der Waals surface area contributed by atoms with E-state index in [2.05, 4.69) is 0 Å². The molecule has 0 bridgehead atoms. The number of nitrogen functional groups attached to an aromatic ring is 1. The number of rotatable bonds is 4. The molecule has 1 fully saturated rings. The van der Waals surface area contributed by atoms with Crippen LogP contribution in [0.25, 0.3) is 0 Å². The first-order valence-corrected chi connectivity index (χ1v) is 7.29. The summed E-state index contributed by atoms with van der Waals surface area (Å²) >= 11 is 0. The lowest BCUT2D eigenvalue weighted by Crippen LogP contribution is -2.47. The van der Waals surface area contributed by atoms with Crippen molar-refractivity contribution in [3.05, 3.63) is 26.4 Å². The third-order valence-corrected chi connectivity index (χ3v) is 4.03. The molecule has 0 unspecified atom stereocenters. The SMILES string of the molecule is CC[C@@H]1CN(CC(=O)c2c(N)n(C)c(=O)n(C)c2=O)CCO1. The number of morpholine rings is 1. The van der Waals surface area contributed by atoms with E-state index in [-0.39, 0.29) is 29.8 Å². The Morgan fingerprint density at radius 2 is 2.00 bits per heavy atom. The number of ether oxygens (including phenoxy) is 1. The van der Waals surface area contributed by atoms with E-state index in [0.717, 1.165) is 15.6 Å². The summed E-state index contributed by atoms with van der Waals surface area (Å²) in [5.41, 5.74) is 4.48. The van der Waals surface area contributed by atoms with E-state index in [0.29, 0.717) is 19.7 Å². The number of hydrogen-bond donors (Lipinski definition) is 1. The zero-order chi connectivity index (χ0) is 16.4. The van der Waals surface area contributed by atoms with Crippen molar-refractivity contribution in [1.29, 1.82) is 0 Å². The molecule has 0 aromatic carbocycles. The van der Waals surface area contributed by atoms with E-state index in [1.165, 1.54) is 14.1 Å². The highest BCUT2D eigenvalue weighted by Gasteiger charge is 2.25. The minimum Gasteiger partial charge on any atom is -0.384 e. The summed E-state index contributed by atoms with van der Waals surface area (Å²) in [7, 11) is 2.78. The molecule has 8 nitrogen and oxygen atoms in total. The molecule has 1 aromatic heterocycles. The molecule has 0 saturated carbocycles. The Bertz CT molecular complexity index is 691. The average molecular weight is 310 g/mol. The van der Waals surface area contributed by atoms with Gasteiger partial charge in [0.2, 0.25) is 0 Å². The molecule has 1 aliphatic heterocycles. The van der Waals surface area contributed by atoms with E-state index in [1.54, 1.807) is 0 Å². The number of nitrogens with two attached hydrogens (primary N) is 1. The van der Waals surface area contributed by atoms with Crippen LogP contribution in [0, 0.1) is 0 Å². The molecule has 1 atom stereocenters. The highest BCUT2D eigenvalue weighted by molar-refractivity contribution is 6.01. The van der Waals surface area contributed by atoms with Gasteiger partial charge in [-0.25, -0.2) is 4.79 Å². The van der Waals surface area contributed by atoms with E-state index >= 15 is 0 Å². The molecule has 122 valence electrons. The fraction of sp³-hybridized carbons (Fsp3) is 0.643. The van der Waals surface area contributed by atoms with Crippen LogP contribution in [0.3, 0.4) is 0 Å². The standard InChI is InChI=1S/C14H22N4O4/c1-4-9-7-18(5-6-22-9)8-10(19)11-12(15)16(2)14(21)17(3)13(11)20/h9H,4-8,15H2,1-3H3/t9-/m1/s1. The van der Waals surface area contributed by atoms with Crippen LogP contribution in [0.4, 0.5) is 5.82 Å². The average Bonchev–Trinajstić information content (AvgIpc) is 2.51. The lowest BCUT2D eigenvalue weighted by Gasteiger charge is -2.31. The molecule has 2 rings (SSSR count). The maximum atomic E-state index is 12.5. The van der Waals surface area contributed by atoms with Crippen molar-refractivity contribution in [3.63, 3.8) is 0 Å². The Balaban J connectivity index is 2.27. The third kappa shape index (κ3) is 2.97. The van der Waals surface area contributed by atoms with E-state index < -0.39 is 11.2 Å². The second kappa shape index (κ2) is 6.45. The zero-order valence-electron chi connectivity index (χ0n) is 13.2. The van der Waals surface area contributed by atoms with Gasteiger partial charge >= 0.3 is 5.69 Å². The number of carbonyl (C=O) groups excluding carboxylic acids is 1. The van der Waals surface area contributed by atoms with Crippen molar-refractivity contribution in [1.82, 2.24) is 14.0 Å². The van der Waals surface area contributed by atoms with Crippen LogP contribution >= 0.6 is 0 Å². The molecule has 1 saturated heterocycles. The summed E-state index contributed by atoms with van der Waals surface area (Å²) in [6.07, 6.45) is 0.968. The lowest BCUT2D eigenvalue weighted by atomic mass is 10.1. The summed E-state index contributed by atoms with van der Waals surface area (Å²) in [5.74, 6) is -0.455. The molecule has 0 amide bonds. The van der Waals surface area contributed by atoms with Crippen LogP contribution in [-0.2, 0) is 18.8 Å². The Labute approximate surface area is 128 Å². The van der Waals surface area contributed by atoms with Gasteiger partial charge < -0.3 is 10.5 Å². The number of Topliss-reactive ketones (excluding diaryl/α,β-unsaturated/α-hetero) is 1. The summed E-state index contributed by atoms with van der Waals surface area (Å²) in [6.45, 7) is 3.96. The summed E-state index contributed by atoms with van der Waals surface area (Å²) in [4.78, 5) is 38.4. The minimum atomic E-state index is -0.647. The zero-order valence-corrected chi connectivity index (χ0v) is 13.2. The molecule has 2 N–H and O–H groups in total. The second-order valence-electron chi connectivity index (χ2n) is 5.53. The van der Waals surface area contributed by atoms with Gasteiger partial charge in [0.05, 0.1) is 19.3 Å². The molecule has 0 radical (unpaired) electrons. The Kier molecular flexibility index (Phi) is 4.82. The van der Waals surface area contributed by atoms with Crippen LogP contribution in [-0.4, -0.2) is 52.2 Å². The second-order valence-corrected chi connectivity index (χ2v) is 5.53. The van der Waals surface area contributed by atoms with Gasteiger partial charge in [-0.15, -0.1) is 0 Å². The van der Waals surface area contributed by atoms with Crippen molar-refractivity contribution in [3.8, 4) is 0 Å². The minimum absolute atomic E-state index is 0.0848. The molecule has 2 heterocycles. The summed E-state index contributed by atoms with van der Waals surface area (Å²) in [5, 5.41) is 0. The predicted molar refractivity (Wildman–Crippen MR) is 82.1 cm³/mol. The van der Waals surface area contributed by atoms with Gasteiger partial charge in [-0.1, -0.05) is 6.92 Å². The van der Waals surface area contributed by atoms with Gasteiger partial charge in [-0.2, -0.15) is 0 Å². The molecular formula is C14H22N4O4. The number of ketones is 1. The largest absolute Gasteiger partial charge is 0.384 e. The molecule has 1 aromatic rings. The first kappa shape index (κ1) is 16.4. The smallest absolute Gasteiger partial charge is 0.332 e. The highest BCUT2D eigenvalue weighted by atomic mass is 16.5. The van der Waals surface area contributed by atoms with Gasteiger partial charge in [0.25, 0.3) is 5.56 Å². The van der Waals surface area contributed by atoms with Gasteiger partial charge in [-0.05, 0) is 6.42 Å². The predicted octanol–water partition coefficient (Wildman–Crippen LogP) is -1.04. The maximum Gasteiger partial charge on any atom is 0.332 e. The molecule has 1 aliphatic rings. The quantitative estimate of drug-likeness (QED) is 0.713. The van der Waals surface area contributed by atoms with Gasteiger partial charge in [0, 0.05) is 27.2 Å². The Morgan fingerprint density at radius 3 is 2.64 bits per heavy atom. The van der Waals surface area contributed by atoms with Crippen molar-refractivity contribution in [2.75, 3.05) is 32.0 Å². The van der Waals surface area contributed by atoms with Crippen LogP contribution in [0.2, 0.25) is 0 Å². The number of anilines is 1. The molecule has 0 spiro atoms. The van der Waals surface area contributed by atoms with E-state index in [9.17, 15) is 14.4 Å². The van der Waals surface area contributed by atoms with Crippen molar-refractivity contribution in [2.24, 2.45) is 14.1 Å². The molecule has 22 heavy (non-hydrogen) atoms. The van der Waals surface area contributed by atoms with Crippen molar-refractivity contribution in [2.45, 2.75) is 19.4 Å². The normalized spacial score (nSPS) is 19.3. The van der Waals surface area contributed by atoms with Crippen LogP contribution in [0.1, 0.15) is 23.7 Å². The fourth-order valence-electron chi connectivity index (χ4n) is 2.58. The number of carbonyl (C=O) groups is 1. The monoisotopic (exact) mass is 310 g/mol. The first-order valence-electron chi connectivity index (χ1n) is 7.29. The Morgan fingerprint density at radius 1 is 1.32 bits per heavy atom. The summed E-state index contributed by atoms with van der Waals surface area (Å²) < 4.78 is 7.57. The highest BCUT2D eigenvalue weighted by Crippen LogP contribution is 2.10. The van der Waals surface area contributed by atoms with Gasteiger partial charge in [-0.3, -0.25) is 23.6 Å². The summed E-state index contributed by atoms with van der Waals surface area (Å²) in [6, 6.07) is 0. The number of nitrogens with zero attached hydrogens (tertiary/aromatic N) is 3. The molecule has 0 aliphatic carbocycles. The van der Waals surface area contributed by atoms with Gasteiger partial charge in [0.1, 0.15) is 11.4 Å². The van der Waals surface area contributed by atoms with E-state index in [1.807, 2.05) is 11.8 Å². The fourth-order valence-corrected chi connectivity index (χ4v) is 2.58. The first-order chi connectivity index (χ1) is 10.4. The van der Waals surface area contributed by atoms with Crippen LogP contribution in [0.15, 0.2) is 9.59 Å². The number of hydrogen-bond acceptors (Lipinski definition) is 6. The molecular weight excluding hydrogens is 288 g/mol. The van der Waals surface area contributed by atoms with Crippen LogP contribution < -0.4 is 17.0 Å². The van der Waals surface area contributed by atoms with Crippen molar-refractivity contribution < 1.29 is 9.53 Å². The molecule has 8 heteroatoms. The topological polar surface area (TPSA) is 99.6 Å². The van der Waals surface area contributed by atoms with Gasteiger partial charge in [0.15, 0.2) is 5.78 Å². The number of aromatic nitrogens is 2. The lowest BCUT2D eigenvalue weighted by molar-refractivity contribution is -0.0271.